The van der Waals surface area contributed by atoms with Gasteiger partial charge in [-0.2, -0.15) is 0 Å². The Labute approximate surface area is 164 Å². The summed E-state index contributed by atoms with van der Waals surface area (Å²) in [5.41, 5.74) is 4.07. The molecule has 0 unspecified atom stereocenters. The molecule has 0 spiro atoms. The monoisotopic (exact) mass is 396 g/mol. The van der Waals surface area contributed by atoms with E-state index in [1.807, 2.05) is 50.2 Å². The van der Waals surface area contributed by atoms with E-state index in [1.165, 1.54) is 28.7 Å². The zero-order valence-electron chi connectivity index (χ0n) is 14.7. The maximum Gasteiger partial charge on any atom is 0.277 e. The first-order valence-electron chi connectivity index (χ1n) is 8.27. The Bertz CT molecular complexity index is 1100. The van der Waals surface area contributed by atoms with E-state index in [9.17, 15) is 4.79 Å². The molecule has 2 aromatic carbocycles. The number of aryl methyl sites for hydroxylation is 2. The summed E-state index contributed by atoms with van der Waals surface area (Å²) in [6, 6.07) is 13.8. The van der Waals surface area contributed by atoms with Gasteiger partial charge >= 0.3 is 0 Å². The highest BCUT2D eigenvalue weighted by atomic mass is 32.2. The number of thioether (sulfide) groups is 1. The van der Waals surface area contributed by atoms with E-state index < -0.39 is 0 Å². The van der Waals surface area contributed by atoms with Crippen LogP contribution in [-0.4, -0.2) is 26.8 Å². The van der Waals surface area contributed by atoms with Gasteiger partial charge in [0.25, 0.3) is 5.22 Å². The molecule has 0 aliphatic heterocycles. The largest absolute Gasteiger partial charge is 0.411 e. The Balaban J connectivity index is 1.36. The number of carbonyl (C=O) groups is 1. The summed E-state index contributed by atoms with van der Waals surface area (Å²) in [7, 11) is 0. The van der Waals surface area contributed by atoms with Gasteiger partial charge in [-0.25, -0.2) is 4.98 Å². The van der Waals surface area contributed by atoms with Crippen LogP contribution in [0.5, 0.6) is 0 Å². The van der Waals surface area contributed by atoms with E-state index in [0.717, 1.165) is 21.3 Å². The average molecular weight is 396 g/mol. The molecule has 1 amide bonds. The number of benzene rings is 2. The molecular formula is C19H16N4O2S2. The summed E-state index contributed by atoms with van der Waals surface area (Å²) >= 11 is 2.66. The van der Waals surface area contributed by atoms with Crippen molar-refractivity contribution >= 4 is 44.4 Å². The minimum absolute atomic E-state index is 0.161. The van der Waals surface area contributed by atoms with Crippen LogP contribution in [0, 0.1) is 13.8 Å². The van der Waals surface area contributed by atoms with Crippen LogP contribution in [0.3, 0.4) is 0 Å². The summed E-state index contributed by atoms with van der Waals surface area (Å²) < 4.78 is 6.67. The predicted molar refractivity (Wildman–Crippen MR) is 108 cm³/mol. The van der Waals surface area contributed by atoms with Gasteiger partial charge in [-0.1, -0.05) is 46.9 Å². The molecule has 136 valence electrons. The molecule has 0 fully saturated rings. The number of nitrogens with zero attached hydrogens (tertiary/aromatic N) is 3. The molecule has 8 heteroatoms. The van der Waals surface area contributed by atoms with Gasteiger partial charge in [-0.3, -0.25) is 4.79 Å². The second-order valence-electron chi connectivity index (χ2n) is 6.07. The van der Waals surface area contributed by atoms with Crippen molar-refractivity contribution in [3.8, 4) is 11.5 Å². The lowest BCUT2D eigenvalue weighted by molar-refractivity contribution is -0.113. The number of rotatable bonds is 5. The fourth-order valence-electron chi connectivity index (χ4n) is 2.45. The summed E-state index contributed by atoms with van der Waals surface area (Å²) in [6.07, 6.45) is 0. The zero-order valence-corrected chi connectivity index (χ0v) is 16.4. The van der Waals surface area contributed by atoms with E-state index in [1.54, 1.807) is 0 Å². The maximum absolute atomic E-state index is 12.2. The number of carbonyl (C=O) groups excluding carboxylic acids is 1. The lowest BCUT2D eigenvalue weighted by Crippen LogP contribution is -2.13. The third-order valence-electron chi connectivity index (χ3n) is 3.82. The molecule has 0 atom stereocenters. The van der Waals surface area contributed by atoms with Crippen LogP contribution in [0.2, 0.25) is 0 Å². The molecule has 27 heavy (non-hydrogen) atoms. The van der Waals surface area contributed by atoms with Crippen LogP contribution in [-0.2, 0) is 4.79 Å². The van der Waals surface area contributed by atoms with Crippen molar-refractivity contribution in [2.45, 2.75) is 19.1 Å². The first kappa shape index (κ1) is 17.7. The molecule has 0 saturated heterocycles. The summed E-state index contributed by atoms with van der Waals surface area (Å²) in [4.78, 5) is 16.6. The molecule has 0 radical (unpaired) electrons. The van der Waals surface area contributed by atoms with E-state index in [0.29, 0.717) is 16.2 Å². The molecule has 4 aromatic rings. The number of fused-ring (bicyclic) bond motifs is 1. The summed E-state index contributed by atoms with van der Waals surface area (Å²) in [5, 5.41) is 11.8. The van der Waals surface area contributed by atoms with Crippen molar-refractivity contribution in [3.63, 3.8) is 0 Å². The van der Waals surface area contributed by atoms with E-state index >= 15 is 0 Å². The Hall–Kier alpha value is -2.71. The van der Waals surface area contributed by atoms with Crippen LogP contribution < -0.4 is 5.32 Å². The van der Waals surface area contributed by atoms with Gasteiger partial charge in [0, 0.05) is 5.56 Å². The first-order chi connectivity index (χ1) is 13.1. The lowest BCUT2D eigenvalue weighted by atomic mass is 10.1. The van der Waals surface area contributed by atoms with Gasteiger partial charge in [-0.15, -0.1) is 10.2 Å². The Kier molecular flexibility index (Phi) is 4.91. The highest BCUT2D eigenvalue weighted by Crippen LogP contribution is 2.27. The van der Waals surface area contributed by atoms with E-state index in [2.05, 4.69) is 26.6 Å². The zero-order chi connectivity index (χ0) is 18.8. The standard InChI is InChI=1S/C19H16N4O2S2/c1-11-3-6-13(7-4-11)17-22-23-19(25-17)26-10-16(24)21-18-20-14-8-5-12(2)9-15(14)27-18/h3-9H,10H2,1-2H3,(H,20,21,24). The van der Waals surface area contributed by atoms with Gasteiger partial charge in [0.15, 0.2) is 5.13 Å². The second-order valence-corrected chi connectivity index (χ2v) is 8.02. The quantitative estimate of drug-likeness (QED) is 0.493. The molecular weight excluding hydrogens is 380 g/mol. The first-order valence-corrected chi connectivity index (χ1v) is 10.1. The van der Waals surface area contributed by atoms with Crippen LogP contribution >= 0.6 is 23.1 Å². The number of nitrogens with one attached hydrogen (secondary N) is 1. The van der Waals surface area contributed by atoms with Crippen LogP contribution in [0.25, 0.3) is 21.7 Å². The molecule has 2 aromatic heterocycles. The Morgan fingerprint density at radius 2 is 1.89 bits per heavy atom. The fourth-order valence-corrected chi connectivity index (χ4v) is 3.99. The minimum atomic E-state index is -0.161. The van der Waals surface area contributed by atoms with Crippen LogP contribution in [0.4, 0.5) is 5.13 Å². The van der Waals surface area contributed by atoms with E-state index in [-0.39, 0.29) is 11.7 Å². The molecule has 0 bridgehead atoms. The summed E-state index contributed by atoms with van der Waals surface area (Å²) in [6.45, 7) is 4.05. The number of amides is 1. The SMILES string of the molecule is Cc1ccc(-c2nnc(SCC(=O)Nc3nc4ccc(C)cc4s3)o2)cc1. The predicted octanol–water partition coefficient (Wildman–Crippen LogP) is 4.69. The van der Waals surface area contributed by atoms with Gasteiger partial charge in [0.2, 0.25) is 11.8 Å². The van der Waals surface area contributed by atoms with Gasteiger partial charge in [-0.05, 0) is 43.7 Å². The molecule has 0 aliphatic rings. The second kappa shape index (κ2) is 7.50. The van der Waals surface area contributed by atoms with Crippen molar-refractivity contribution < 1.29 is 9.21 Å². The highest BCUT2D eigenvalue weighted by molar-refractivity contribution is 7.99. The molecule has 0 aliphatic carbocycles. The molecule has 2 heterocycles. The third kappa shape index (κ3) is 4.17. The number of hydrogen-bond donors (Lipinski definition) is 1. The van der Waals surface area contributed by atoms with Crippen molar-refractivity contribution in [1.29, 1.82) is 0 Å². The Morgan fingerprint density at radius 1 is 1.11 bits per heavy atom. The van der Waals surface area contributed by atoms with E-state index in [4.69, 9.17) is 4.42 Å². The minimum Gasteiger partial charge on any atom is -0.411 e. The van der Waals surface area contributed by atoms with Crippen molar-refractivity contribution in [2.24, 2.45) is 0 Å². The van der Waals surface area contributed by atoms with Gasteiger partial charge in [0.1, 0.15) is 0 Å². The fraction of sp³-hybridized carbons (Fsp3) is 0.158. The summed E-state index contributed by atoms with van der Waals surface area (Å²) in [5.74, 6) is 0.454. The number of thiazole rings is 1. The van der Waals surface area contributed by atoms with Crippen LogP contribution in [0.1, 0.15) is 11.1 Å². The number of aromatic nitrogens is 3. The normalized spacial score (nSPS) is 11.0. The molecule has 1 N–H and O–H groups in total. The van der Waals surface area contributed by atoms with Crippen molar-refractivity contribution in [1.82, 2.24) is 15.2 Å². The van der Waals surface area contributed by atoms with Gasteiger partial charge in [0.05, 0.1) is 16.0 Å². The Morgan fingerprint density at radius 3 is 2.70 bits per heavy atom. The van der Waals surface area contributed by atoms with Crippen LogP contribution in [0.15, 0.2) is 52.1 Å². The van der Waals surface area contributed by atoms with Gasteiger partial charge < -0.3 is 9.73 Å². The lowest BCUT2D eigenvalue weighted by Gasteiger charge is -1.98. The average Bonchev–Trinajstić information content (AvgIpc) is 3.26. The molecule has 0 saturated carbocycles. The number of anilines is 1. The highest BCUT2D eigenvalue weighted by Gasteiger charge is 2.13. The van der Waals surface area contributed by atoms with Crippen molar-refractivity contribution in [2.75, 3.05) is 11.1 Å². The topological polar surface area (TPSA) is 80.9 Å². The number of hydrogen-bond acceptors (Lipinski definition) is 7. The van der Waals surface area contributed by atoms with Crippen molar-refractivity contribution in [3.05, 3.63) is 53.6 Å². The third-order valence-corrected chi connectivity index (χ3v) is 5.57. The molecule has 4 rings (SSSR count). The smallest absolute Gasteiger partial charge is 0.277 e. The molecule has 6 nitrogen and oxygen atoms in total. The maximum atomic E-state index is 12.2.